The monoisotopic (exact) mass is 230 g/mol. The molecule has 1 rings (SSSR count). The van der Waals surface area contributed by atoms with Crippen LogP contribution in [-0.2, 0) is 0 Å². The molecule has 0 saturated carbocycles. The summed E-state index contributed by atoms with van der Waals surface area (Å²) in [5.74, 6) is 0. The van der Waals surface area contributed by atoms with E-state index in [9.17, 15) is 0 Å². The highest BCUT2D eigenvalue weighted by atomic mass is 16.3. The first-order valence-corrected chi connectivity index (χ1v) is 6.50. The topological polar surface area (TPSA) is 46.9 Å². The number of hydrogen-bond acceptors (Lipinski definition) is 4. The molecule has 1 aliphatic rings. The van der Waals surface area contributed by atoms with Crippen LogP contribution in [0, 0.1) is 0 Å². The molecule has 1 fully saturated rings. The first-order chi connectivity index (χ1) is 7.81. The van der Waals surface area contributed by atoms with Gasteiger partial charge in [0, 0.05) is 38.8 Å². The van der Waals surface area contributed by atoms with Crippen LogP contribution in [0.3, 0.4) is 0 Å². The fourth-order valence-corrected chi connectivity index (χ4v) is 2.44. The van der Waals surface area contributed by atoms with Crippen molar-refractivity contribution in [2.45, 2.75) is 32.2 Å². The average molecular weight is 230 g/mol. The molecule has 2 N–H and O–H groups in total. The van der Waals surface area contributed by atoms with Crippen molar-refractivity contribution in [2.24, 2.45) is 0 Å². The lowest BCUT2D eigenvalue weighted by atomic mass is 10.1. The molecule has 1 atom stereocenters. The zero-order valence-corrected chi connectivity index (χ0v) is 10.4. The number of unbranched alkanes of at least 4 members (excludes halogenated alkanes) is 1. The van der Waals surface area contributed by atoms with Crippen LogP contribution in [0.4, 0.5) is 0 Å². The van der Waals surface area contributed by atoms with Crippen LogP contribution in [0.1, 0.15) is 26.2 Å². The number of aliphatic hydroxyl groups excluding tert-OH is 2. The molecule has 4 nitrogen and oxygen atoms in total. The molecule has 0 bridgehead atoms. The lowest BCUT2D eigenvalue weighted by Crippen LogP contribution is -2.54. The second kappa shape index (κ2) is 8.01. The summed E-state index contributed by atoms with van der Waals surface area (Å²) < 4.78 is 0. The maximum absolute atomic E-state index is 9.04. The zero-order valence-electron chi connectivity index (χ0n) is 10.4. The van der Waals surface area contributed by atoms with Crippen LogP contribution < -0.4 is 0 Å². The molecule has 0 aliphatic carbocycles. The van der Waals surface area contributed by atoms with E-state index < -0.39 is 0 Å². The second-order valence-corrected chi connectivity index (χ2v) is 4.58. The van der Waals surface area contributed by atoms with E-state index in [1.807, 2.05) is 0 Å². The van der Waals surface area contributed by atoms with Crippen LogP contribution in [-0.4, -0.2) is 72.0 Å². The van der Waals surface area contributed by atoms with E-state index in [-0.39, 0.29) is 13.2 Å². The molecule has 0 radical (unpaired) electrons. The molecule has 0 aromatic carbocycles. The third-order valence-electron chi connectivity index (χ3n) is 3.38. The average Bonchev–Trinajstić information content (AvgIpc) is 2.30. The summed E-state index contributed by atoms with van der Waals surface area (Å²) in [4.78, 5) is 4.72. The molecule has 0 aromatic heterocycles. The van der Waals surface area contributed by atoms with Crippen molar-refractivity contribution in [3.63, 3.8) is 0 Å². The fourth-order valence-electron chi connectivity index (χ4n) is 2.44. The number of aliphatic hydroxyl groups is 2. The van der Waals surface area contributed by atoms with Crippen molar-refractivity contribution < 1.29 is 10.2 Å². The van der Waals surface area contributed by atoms with Gasteiger partial charge in [0.25, 0.3) is 0 Å². The molecule has 1 saturated heterocycles. The Bertz CT molecular complexity index is 178. The van der Waals surface area contributed by atoms with Gasteiger partial charge < -0.3 is 10.2 Å². The summed E-state index contributed by atoms with van der Waals surface area (Å²) in [5, 5.41) is 18.0. The van der Waals surface area contributed by atoms with Gasteiger partial charge in [-0.15, -0.1) is 0 Å². The van der Waals surface area contributed by atoms with Crippen molar-refractivity contribution in [3.05, 3.63) is 0 Å². The standard InChI is InChI=1S/C12H26N2O2/c1-2-3-4-12-11-13(7-9-15)5-6-14(12)8-10-16/h12,15-16H,2-11H2,1H3. The smallest absolute Gasteiger partial charge is 0.0558 e. The Morgan fingerprint density at radius 2 is 1.88 bits per heavy atom. The highest BCUT2D eigenvalue weighted by Crippen LogP contribution is 2.14. The predicted molar refractivity (Wildman–Crippen MR) is 65.5 cm³/mol. The Balaban J connectivity index is 2.40. The summed E-state index contributed by atoms with van der Waals surface area (Å²) in [5.41, 5.74) is 0. The molecule has 16 heavy (non-hydrogen) atoms. The van der Waals surface area contributed by atoms with E-state index in [4.69, 9.17) is 10.2 Å². The van der Waals surface area contributed by atoms with Gasteiger partial charge in [-0.25, -0.2) is 0 Å². The third kappa shape index (κ3) is 4.37. The Morgan fingerprint density at radius 3 is 2.50 bits per heavy atom. The summed E-state index contributed by atoms with van der Waals surface area (Å²) in [7, 11) is 0. The first-order valence-electron chi connectivity index (χ1n) is 6.50. The normalized spacial score (nSPS) is 23.8. The Labute approximate surface area is 98.9 Å². The van der Waals surface area contributed by atoms with Crippen LogP contribution in [0.25, 0.3) is 0 Å². The highest BCUT2D eigenvalue weighted by molar-refractivity contribution is 4.81. The molecule has 96 valence electrons. The maximum Gasteiger partial charge on any atom is 0.0558 e. The third-order valence-corrected chi connectivity index (χ3v) is 3.38. The number of β-amino-alcohol motifs (C(OH)–C–C–N with tert-alkyl or cyclic N) is 2. The molecule has 1 aliphatic heterocycles. The van der Waals surface area contributed by atoms with E-state index in [0.717, 1.165) is 32.7 Å². The summed E-state index contributed by atoms with van der Waals surface area (Å²) >= 11 is 0. The van der Waals surface area contributed by atoms with Crippen LogP contribution in [0.2, 0.25) is 0 Å². The predicted octanol–water partition coefficient (Wildman–Crippen LogP) is 0.147. The van der Waals surface area contributed by atoms with Gasteiger partial charge in [0.1, 0.15) is 0 Å². The molecule has 0 aromatic rings. The molecule has 4 heteroatoms. The van der Waals surface area contributed by atoms with Crippen molar-refractivity contribution in [1.82, 2.24) is 9.80 Å². The summed E-state index contributed by atoms with van der Waals surface area (Å²) in [6.45, 7) is 7.38. The van der Waals surface area contributed by atoms with Gasteiger partial charge in [-0.1, -0.05) is 19.8 Å². The van der Waals surface area contributed by atoms with Crippen molar-refractivity contribution in [2.75, 3.05) is 45.9 Å². The zero-order chi connectivity index (χ0) is 11.8. The molecular formula is C12H26N2O2. The van der Waals surface area contributed by atoms with Crippen LogP contribution in [0.15, 0.2) is 0 Å². The van der Waals surface area contributed by atoms with Gasteiger partial charge in [0.05, 0.1) is 13.2 Å². The highest BCUT2D eigenvalue weighted by Gasteiger charge is 2.25. The van der Waals surface area contributed by atoms with Gasteiger partial charge in [-0.3, -0.25) is 9.80 Å². The van der Waals surface area contributed by atoms with Crippen molar-refractivity contribution in [1.29, 1.82) is 0 Å². The van der Waals surface area contributed by atoms with E-state index in [2.05, 4.69) is 16.7 Å². The first kappa shape index (κ1) is 13.9. The van der Waals surface area contributed by atoms with Gasteiger partial charge >= 0.3 is 0 Å². The fraction of sp³-hybridized carbons (Fsp3) is 1.00. The maximum atomic E-state index is 9.04. The Morgan fingerprint density at radius 1 is 1.12 bits per heavy atom. The van der Waals surface area contributed by atoms with E-state index in [1.165, 1.54) is 19.3 Å². The Kier molecular flexibility index (Phi) is 6.96. The second-order valence-electron chi connectivity index (χ2n) is 4.58. The SMILES string of the molecule is CCCCC1CN(CCO)CCN1CCO. The molecule has 0 spiro atoms. The quantitative estimate of drug-likeness (QED) is 0.653. The minimum Gasteiger partial charge on any atom is -0.395 e. The molecular weight excluding hydrogens is 204 g/mol. The van der Waals surface area contributed by atoms with Gasteiger partial charge in [-0.05, 0) is 6.42 Å². The number of piperazine rings is 1. The van der Waals surface area contributed by atoms with Crippen molar-refractivity contribution >= 4 is 0 Å². The van der Waals surface area contributed by atoms with E-state index in [1.54, 1.807) is 0 Å². The molecule has 1 heterocycles. The van der Waals surface area contributed by atoms with Crippen molar-refractivity contribution in [3.8, 4) is 0 Å². The summed E-state index contributed by atoms with van der Waals surface area (Å²) in [6, 6.07) is 0.562. The summed E-state index contributed by atoms with van der Waals surface area (Å²) in [6.07, 6.45) is 3.68. The van der Waals surface area contributed by atoms with Gasteiger partial charge in [0.2, 0.25) is 0 Å². The number of hydrogen-bond donors (Lipinski definition) is 2. The van der Waals surface area contributed by atoms with E-state index >= 15 is 0 Å². The minimum atomic E-state index is 0.250. The largest absolute Gasteiger partial charge is 0.395 e. The van der Waals surface area contributed by atoms with Gasteiger partial charge in [0.15, 0.2) is 0 Å². The lowest BCUT2D eigenvalue weighted by molar-refractivity contribution is 0.0468. The van der Waals surface area contributed by atoms with Crippen LogP contribution in [0.5, 0.6) is 0 Å². The lowest BCUT2D eigenvalue weighted by Gasteiger charge is -2.41. The number of rotatable bonds is 7. The van der Waals surface area contributed by atoms with E-state index in [0.29, 0.717) is 6.04 Å². The number of nitrogens with zero attached hydrogens (tertiary/aromatic N) is 2. The Hall–Kier alpha value is -0.160. The minimum absolute atomic E-state index is 0.250. The van der Waals surface area contributed by atoms with Crippen LogP contribution >= 0.6 is 0 Å². The molecule has 0 amide bonds. The van der Waals surface area contributed by atoms with Gasteiger partial charge in [-0.2, -0.15) is 0 Å². The molecule has 1 unspecified atom stereocenters.